The molecule has 0 aromatic carbocycles. The number of piperidine rings is 1. The zero-order valence-electron chi connectivity index (χ0n) is 11.4. The summed E-state index contributed by atoms with van der Waals surface area (Å²) in [5, 5.41) is 12.4. The van der Waals surface area contributed by atoms with E-state index >= 15 is 0 Å². The van der Waals surface area contributed by atoms with Crippen LogP contribution in [0.5, 0.6) is 0 Å². The maximum absolute atomic E-state index is 11.1. The molecule has 0 aliphatic carbocycles. The highest BCUT2D eigenvalue weighted by molar-refractivity contribution is 5.73. The van der Waals surface area contributed by atoms with Crippen LogP contribution >= 0.6 is 0 Å². The Morgan fingerprint density at radius 3 is 2.24 bits per heavy atom. The van der Waals surface area contributed by atoms with Crippen LogP contribution in [0.4, 0.5) is 0 Å². The number of likely N-dealkylation sites (tertiary alicyclic amines) is 1. The minimum absolute atomic E-state index is 0.126. The van der Waals surface area contributed by atoms with E-state index in [1.165, 1.54) is 0 Å². The quantitative estimate of drug-likeness (QED) is 0.765. The molecule has 4 heteroatoms. The molecule has 0 radical (unpaired) electrons. The first-order valence-electron chi connectivity index (χ1n) is 6.59. The lowest BCUT2D eigenvalue weighted by molar-refractivity contribution is -0.141. The minimum Gasteiger partial charge on any atom is -0.480 e. The van der Waals surface area contributed by atoms with Crippen LogP contribution in [0, 0.1) is 11.8 Å². The molecular weight excluding hydrogens is 216 g/mol. The summed E-state index contributed by atoms with van der Waals surface area (Å²) in [4.78, 5) is 13.5. The lowest BCUT2D eigenvalue weighted by atomic mass is 9.89. The van der Waals surface area contributed by atoms with Crippen molar-refractivity contribution in [1.82, 2.24) is 10.2 Å². The van der Waals surface area contributed by atoms with Crippen LogP contribution in [0.3, 0.4) is 0 Å². The Kier molecular flexibility index (Phi) is 5.40. The zero-order chi connectivity index (χ0) is 13.0. The SMILES string of the molecule is CC(C)C(NC(C)C1CCN(C)CC1)C(=O)O. The van der Waals surface area contributed by atoms with Gasteiger partial charge >= 0.3 is 5.97 Å². The number of hydrogen-bond acceptors (Lipinski definition) is 3. The number of nitrogens with one attached hydrogen (secondary N) is 1. The highest BCUT2D eigenvalue weighted by atomic mass is 16.4. The Morgan fingerprint density at radius 2 is 1.82 bits per heavy atom. The predicted octanol–water partition coefficient (Wildman–Crippen LogP) is 1.42. The molecule has 0 saturated carbocycles. The fourth-order valence-corrected chi connectivity index (χ4v) is 2.50. The molecule has 4 nitrogen and oxygen atoms in total. The van der Waals surface area contributed by atoms with E-state index in [0.717, 1.165) is 25.9 Å². The first kappa shape index (κ1) is 14.5. The molecule has 0 aromatic rings. The summed E-state index contributed by atoms with van der Waals surface area (Å²) in [6.07, 6.45) is 2.32. The molecule has 0 aromatic heterocycles. The third-order valence-electron chi connectivity index (χ3n) is 3.85. The molecule has 100 valence electrons. The Morgan fingerprint density at radius 1 is 1.29 bits per heavy atom. The van der Waals surface area contributed by atoms with Gasteiger partial charge < -0.3 is 15.3 Å². The Labute approximate surface area is 104 Å². The molecule has 17 heavy (non-hydrogen) atoms. The summed E-state index contributed by atoms with van der Waals surface area (Å²) in [5.41, 5.74) is 0. The zero-order valence-corrected chi connectivity index (χ0v) is 11.4. The van der Waals surface area contributed by atoms with Crippen LogP contribution in [-0.2, 0) is 4.79 Å². The molecule has 1 rings (SSSR count). The fourth-order valence-electron chi connectivity index (χ4n) is 2.50. The van der Waals surface area contributed by atoms with Crippen LogP contribution in [0.15, 0.2) is 0 Å². The maximum Gasteiger partial charge on any atom is 0.320 e. The van der Waals surface area contributed by atoms with Crippen LogP contribution in [0.1, 0.15) is 33.6 Å². The van der Waals surface area contributed by atoms with Crippen molar-refractivity contribution >= 4 is 5.97 Å². The largest absolute Gasteiger partial charge is 0.480 e. The predicted molar refractivity (Wildman–Crippen MR) is 69.1 cm³/mol. The van der Waals surface area contributed by atoms with Gasteiger partial charge in [0, 0.05) is 6.04 Å². The van der Waals surface area contributed by atoms with E-state index in [1.807, 2.05) is 13.8 Å². The van der Waals surface area contributed by atoms with Crippen LogP contribution < -0.4 is 5.32 Å². The summed E-state index contributed by atoms with van der Waals surface area (Å²) in [6.45, 7) is 8.26. The molecule has 1 heterocycles. The van der Waals surface area contributed by atoms with E-state index in [1.54, 1.807) is 0 Å². The van der Waals surface area contributed by atoms with Crippen molar-refractivity contribution in [1.29, 1.82) is 0 Å². The number of carbonyl (C=O) groups is 1. The van der Waals surface area contributed by atoms with Gasteiger partial charge in [0.2, 0.25) is 0 Å². The second kappa shape index (κ2) is 6.36. The van der Waals surface area contributed by atoms with Gasteiger partial charge in [-0.2, -0.15) is 0 Å². The smallest absolute Gasteiger partial charge is 0.320 e. The van der Waals surface area contributed by atoms with Gasteiger partial charge in [-0.25, -0.2) is 0 Å². The Balaban J connectivity index is 2.46. The second-order valence-electron chi connectivity index (χ2n) is 5.66. The average molecular weight is 242 g/mol. The van der Waals surface area contributed by atoms with E-state index in [4.69, 9.17) is 5.11 Å². The van der Waals surface area contributed by atoms with Crippen molar-refractivity contribution in [2.24, 2.45) is 11.8 Å². The normalized spacial score (nSPS) is 22.6. The average Bonchev–Trinajstić information content (AvgIpc) is 2.25. The van der Waals surface area contributed by atoms with Crippen molar-refractivity contribution in [3.8, 4) is 0 Å². The molecule has 0 bridgehead atoms. The fraction of sp³-hybridized carbons (Fsp3) is 0.923. The van der Waals surface area contributed by atoms with Crippen molar-refractivity contribution < 1.29 is 9.90 Å². The number of hydrogen-bond donors (Lipinski definition) is 2. The van der Waals surface area contributed by atoms with Gasteiger partial charge in [0.1, 0.15) is 6.04 Å². The van der Waals surface area contributed by atoms with Crippen molar-refractivity contribution in [3.05, 3.63) is 0 Å². The summed E-state index contributed by atoms with van der Waals surface area (Å²) in [5.74, 6) is -0.00667. The monoisotopic (exact) mass is 242 g/mol. The van der Waals surface area contributed by atoms with Crippen LogP contribution in [-0.4, -0.2) is 48.2 Å². The lowest BCUT2D eigenvalue weighted by Crippen LogP contribution is -2.49. The number of carboxylic acids is 1. The van der Waals surface area contributed by atoms with E-state index in [2.05, 4.69) is 24.2 Å². The molecule has 1 aliphatic rings. The maximum atomic E-state index is 11.1. The van der Waals surface area contributed by atoms with Crippen LogP contribution in [0.25, 0.3) is 0 Å². The summed E-state index contributed by atoms with van der Waals surface area (Å²) in [6, 6.07) is -0.142. The summed E-state index contributed by atoms with van der Waals surface area (Å²) >= 11 is 0. The number of carboxylic acid groups (broad SMARTS) is 1. The molecule has 2 unspecified atom stereocenters. The number of rotatable bonds is 5. The first-order valence-corrected chi connectivity index (χ1v) is 6.59. The molecule has 2 atom stereocenters. The van der Waals surface area contributed by atoms with E-state index in [-0.39, 0.29) is 12.0 Å². The molecule has 2 N–H and O–H groups in total. The minimum atomic E-state index is -0.736. The highest BCUT2D eigenvalue weighted by Crippen LogP contribution is 2.20. The Bertz CT molecular complexity index is 248. The molecule has 1 aliphatic heterocycles. The topological polar surface area (TPSA) is 52.6 Å². The highest BCUT2D eigenvalue weighted by Gasteiger charge is 2.28. The van der Waals surface area contributed by atoms with E-state index in [0.29, 0.717) is 5.92 Å². The van der Waals surface area contributed by atoms with Crippen molar-refractivity contribution in [3.63, 3.8) is 0 Å². The molecular formula is C13H26N2O2. The van der Waals surface area contributed by atoms with E-state index < -0.39 is 12.0 Å². The summed E-state index contributed by atoms with van der Waals surface area (Å²) in [7, 11) is 2.14. The second-order valence-corrected chi connectivity index (χ2v) is 5.66. The van der Waals surface area contributed by atoms with Gasteiger partial charge in [-0.3, -0.25) is 4.79 Å². The van der Waals surface area contributed by atoms with Gasteiger partial charge in [0.15, 0.2) is 0 Å². The van der Waals surface area contributed by atoms with Gasteiger partial charge in [-0.1, -0.05) is 13.8 Å². The first-order chi connectivity index (χ1) is 7.91. The number of aliphatic carboxylic acids is 1. The molecule has 0 amide bonds. The van der Waals surface area contributed by atoms with Crippen LogP contribution in [0.2, 0.25) is 0 Å². The third-order valence-corrected chi connectivity index (χ3v) is 3.85. The van der Waals surface area contributed by atoms with Gasteiger partial charge in [-0.15, -0.1) is 0 Å². The molecule has 1 fully saturated rings. The Hall–Kier alpha value is -0.610. The van der Waals surface area contributed by atoms with Crippen molar-refractivity contribution in [2.45, 2.75) is 45.7 Å². The standard InChI is InChI=1S/C13H26N2O2/c1-9(2)12(13(16)17)14-10(3)11-5-7-15(4)8-6-11/h9-12,14H,5-8H2,1-4H3,(H,16,17). The summed E-state index contributed by atoms with van der Waals surface area (Å²) < 4.78 is 0. The molecule has 0 spiro atoms. The lowest BCUT2D eigenvalue weighted by Gasteiger charge is -2.35. The van der Waals surface area contributed by atoms with Crippen molar-refractivity contribution in [2.75, 3.05) is 20.1 Å². The number of nitrogens with zero attached hydrogens (tertiary/aromatic N) is 1. The molecule has 1 saturated heterocycles. The van der Waals surface area contributed by atoms with E-state index in [9.17, 15) is 4.79 Å². The van der Waals surface area contributed by atoms with Gasteiger partial charge in [0.05, 0.1) is 0 Å². The van der Waals surface area contributed by atoms with Gasteiger partial charge in [0.25, 0.3) is 0 Å². The third kappa shape index (κ3) is 4.28. The van der Waals surface area contributed by atoms with Gasteiger partial charge in [-0.05, 0) is 51.7 Å².